The molecule has 4 atom stereocenters. The number of nitrogens with two attached hydrogens (primary N) is 2. The van der Waals surface area contributed by atoms with Crippen LogP contribution < -0.4 is 11.5 Å². The Labute approximate surface area is 118 Å². The van der Waals surface area contributed by atoms with Crippen LogP contribution in [0.25, 0.3) is 0 Å². The van der Waals surface area contributed by atoms with Crippen molar-refractivity contribution in [1.82, 2.24) is 0 Å². The number of rotatable bonds is 9. The molecule has 0 aliphatic heterocycles. The third-order valence-corrected chi connectivity index (χ3v) is 2.42. The van der Waals surface area contributed by atoms with Gasteiger partial charge in [0, 0.05) is 12.1 Å². The van der Waals surface area contributed by atoms with Crippen LogP contribution in [-0.2, 0) is 19.1 Å². The minimum atomic E-state index is -1.98. The van der Waals surface area contributed by atoms with Gasteiger partial charge >= 0.3 is 11.9 Å². The lowest BCUT2D eigenvalue weighted by Crippen LogP contribution is -2.42. The molecule has 0 spiro atoms. The van der Waals surface area contributed by atoms with E-state index in [9.17, 15) is 19.8 Å². The molecule has 2 unspecified atom stereocenters. The first-order valence-electron chi connectivity index (χ1n) is 6.46. The lowest BCUT2D eigenvalue weighted by Gasteiger charge is -2.16. The lowest BCUT2D eigenvalue weighted by atomic mass is 10.2. The number of aliphatic hydroxyl groups is 2. The topological polar surface area (TPSA) is 145 Å². The fraction of sp³-hybridized carbons (Fsp3) is 0.833. The summed E-state index contributed by atoms with van der Waals surface area (Å²) in [7, 11) is 0. The van der Waals surface area contributed by atoms with E-state index < -0.39 is 24.1 Å². The highest BCUT2D eigenvalue weighted by atomic mass is 16.6. The summed E-state index contributed by atoms with van der Waals surface area (Å²) < 4.78 is 9.34. The number of esters is 2. The van der Waals surface area contributed by atoms with Gasteiger partial charge in [-0.25, -0.2) is 9.59 Å². The number of carbonyl (C=O) groups is 2. The summed E-state index contributed by atoms with van der Waals surface area (Å²) in [6.45, 7) is 3.46. The van der Waals surface area contributed by atoms with Crippen molar-refractivity contribution in [2.24, 2.45) is 11.5 Å². The Morgan fingerprint density at radius 3 is 1.45 bits per heavy atom. The second kappa shape index (κ2) is 9.65. The van der Waals surface area contributed by atoms with Gasteiger partial charge in [0.05, 0.1) is 13.2 Å². The van der Waals surface area contributed by atoms with Crippen molar-refractivity contribution in [3.05, 3.63) is 0 Å². The molecular formula is C12H24N2O6. The highest BCUT2D eigenvalue weighted by Gasteiger charge is 2.32. The maximum atomic E-state index is 11.4. The van der Waals surface area contributed by atoms with E-state index in [0.29, 0.717) is 12.8 Å². The molecular weight excluding hydrogens is 268 g/mol. The lowest BCUT2D eigenvalue weighted by molar-refractivity contribution is -0.173. The summed E-state index contributed by atoms with van der Waals surface area (Å²) in [5.74, 6) is -2.19. The van der Waals surface area contributed by atoms with Gasteiger partial charge in [-0.15, -0.1) is 0 Å². The number of hydrogen-bond acceptors (Lipinski definition) is 8. The van der Waals surface area contributed by atoms with E-state index in [1.807, 2.05) is 0 Å². The summed E-state index contributed by atoms with van der Waals surface area (Å²) in [6, 6.07) is -0.318. The molecule has 0 aliphatic rings. The fourth-order valence-electron chi connectivity index (χ4n) is 1.12. The molecule has 0 saturated heterocycles. The fourth-order valence-corrected chi connectivity index (χ4v) is 1.12. The van der Waals surface area contributed by atoms with Gasteiger partial charge in [-0.3, -0.25) is 0 Å². The van der Waals surface area contributed by atoms with Crippen molar-refractivity contribution in [2.75, 3.05) is 13.2 Å². The van der Waals surface area contributed by atoms with Crippen LogP contribution in [0.4, 0.5) is 0 Å². The largest absolute Gasteiger partial charge is 0.464 e. The second-order valence-electron chi connectivity index (χ2n) is 4.76. The average Bonchev–Trinajstić information content (AvgIpc) is 2.35. The number of carbonyl (C=O) groups excluding carboxylic acids is 2. The molecule has 0 aliphatic carbocycles. The Morgan fingerprint density at radius 1 is 0.900 bits per heavy atom. The molecule has 8 nitrogen and oxygen atoms in total. The van der Waals surface area contributed by atoms with Crippen molar-refractivity contribution in [2.45, 2.75) is 51.0 Å². The molecule has 0 radical (unpaired) electrons. The van der Waals surface area contributed by atoms with Gasteiger partial charge in [-0.05, 0) is 26.7 Å². The summed E-state index contributed by atoms with van der Waals surface area (Å²) >= 11 is 0. The van der Waals surface area contributed by atoms with Gasteiger partial charge in [0.1, 0.15) is 0 Å². The standard InChI is InChI=1S/C12H24N2O6/c1-7(13)3-5-19-11(17)9(15)10(16)12(18)20-6-4-8(2)14/h7-10,15-16H,3-6,13-14H2,1-2H3/t7-,8-,9?,10?/m1/s1. The van der Waals surface area contributed by atoms with E-state index in [1.54, 1.807) is 13.8 Å². The zero-order valence-corrected chi connectivity index (χ0v) is 11.8. The summed E-state index contributed by atoms with van der Waals surface area (Å²) in [4.78, 5) is 22.7. The van der Waals surface area contributed by atoms with Gasteiger partial charge in [0.25, 0.3) is 0 Å². The van der Waals surface area contributed by atoms with E-state index in [4.69, 9.17) is 11.5 Å². The monoisotopic (exact) mass is 292 g/mol. The summed E-state index contributed by atoms with van der Waals surface area (Å²) in [5.41, 5.74) is 10.9. The van der Waals surface area contributed by atoms with Crippen LogP contribution in [0.3, 0.4) is 0 Å². The normalized spacial score (nSPS) is 16.9. The molecule has 8 heteroatoms. The summed E-state index contributed by atoms with van der Waals surface area (Å²) in [6.07, 6.45) is -3.14. The highest BCUT2D eigenvalue weighted by Crippen LogP contribution is 2.02. The van der Waals surface area contributed by atoms with Gasteiger partial charge in [0.15, 0.2) is 12.2 Å². The Morgan fingerprint density at radius 2 is 1.20 bits per heavy atom. The van der Waals surface area contributed by atoms with Gasteiger partial charge in [-0.1, -0.05) is 0 Å². The Balaban J connectivity index is 4.07. The smallest absolute Gasteiger partial charge is 0.338 e. The van der Waals surface area contributed by atoms with E-state index in [2.05, 4.69) is 9.47 Å². The number of aliphatic hydroxyl groups excluding tert-OH is 2. The molecule has 0 amide bonds. The molecule has 0 aromatic heterocycles. The van der Waals surface area contributed by atoms with E-state index in [-0.39, 0.29) is 25.3 Å². The first-order valence-corrected chi connectivity index (χ1v) is 6.46. The van der Waals surface area contributed by atoms with Crippen LogP contribution in [-0.4, -0.2) is 59.7 Å². The minimum absolute atomic E-state index is 0.0000158. The molecule has 0 fully saturated rings. The van der Waals surface area contributed by atoms with Crippen LogP contribution in [0.2, 0.25) is 0 Å². The predicted molar refractivity (Wildman–Crippen MR) is 70.5 cm³/mol. The van der Waals surface area contributed by atoms with Crippen molar-refractivity contribution in [1.29, 1.82) is 0 Å². The molecule has 0 saturated carbocycles. The third kappa shape index (κ3) is 8.05. The Hall–Kier alpha value is -1.22. The van der Waals surface area contributed by atoms with Crippen molar-refractivity contribution < 1.29 is 29.3 Å². The maximum absolute atomic E-state index is 11.4. The van der Waals surface area contributed by atoms with Crippen LogP contribution in [0.5, 0.6) is 0 Å². The first-order chi connectivity index (χ1) is 9.25. The van der Waals surface area contributed by atoms with Crippen molar-refractivity contribution in [3.63, 3.8) is 0 Å². The Bertz CT molecular complexity index is 278. The highest BCUT2D eigenvalue weighted by molar-refractivity contribution is 5.85. The number of hydrogen-bond donors (Lipinski definition) is 4. The molecule has 6 N–H and O–H groups in total. The molecule has 0 aromatic rings. The molecule has 0 aromatic carbocycles. The van der Waals surface area contributed by atoms with E-state index >= 15 is 0 Å². The van der Waals surface area contributed by atoms with E-state index in [0.717, 1.165) is 0 Å². The predicted octanol–water partition coefficient (Wildman–Crippen LogP) is -1.73. The third-order valence-electron chi connectivity index (χ3n) is 2.42. The molecule has 118 valence electrons. The molecule has 0 bridgehead atoms. The molecule has 0 rings (SSSR count). The average molecular weight is 292 g/mol. The van der Waals surface area contributed by atoms with Crippen LogP contribution in [0, 0.1) is 0 Å². The maximum Gasteiger partial charge on any atom is 0.338 e. The molecule has 20 heavy (non-hydrogen) atoms. The van der Waals surface area contributed by atoms with Crippen LogP contribution in [0.1, 0.15) is 26.7 Å². The van der Waals surface area contributed by atoms with Crippen molar-refractivity contribution >= 4 is 11.9 Å². The van der Waals surface area contributed by atoms with Gasteiger partial charge < -0.3 is 31.2 Å². The van der Waals surface area contributed by atoms with Gasteiger partial charge in [0.2, 0.25) is 0 Å². The quantitative estimate of drug-likeness (QED) is 0.367. The Kier molecular flexibility index (Phi) is 9.06. The van der Waals surface area contributed by atoms with E-state index in [1.165, 1.54) is 0 Å². The number of ether oxygens (including phenoxy) is 2. The summed E-state index contributed by atoms with van der Waals surface area (Å²) in [5, 5.41) is 18.9. The molecule has 0 heterocycles. The SMILES string of the molecule is C[C@@H](N)CCOC(=O)C(O)C(O)C(=O)OCC[C@@H](C)N. The zero-order valence-electron chi connectivity index (χ0n) is 11.8. The van der Waals surface area contributed by atoms with Crippen molar-refractivity contribution in [3.8, 4) is 0 Å². The first kappa shape index (κ1) is 18.8. The zero-order chi connectivity index (χ0) is 15.7. The minimum Gasteiger partial charge on any atom is -0.464 e. The van der Waals surface area contributed by atoms with Crippen LogP contribution in [0.15, 0.2) is 0 Å². The second-order valence-corrected chi connectivity index (χ2v) is 4.76. The van der Waals surface area contributed by atoms with Gasteiger partial charge in [-0.2, -0.15) is 0 Å². The van der Waals surface area contributed by atoms with Crippen LogP contribution >= 0.6 is 0 Å².